The third kappa shape index (κ3) is 7.21. The third-order valence-corrected chi connectivity index (χ3v) is 5.01. The van der Waals surface area contributed by atoms with Gasteiger partial charge in [-0.1, -0.05) is 0 Å². The molecule has 156 valence electrons. The van der Waals surface area contributed by atoms with Crippen LogP contribution in [0.3, 0.4) is 0 Å². The lowest BCUT2D eigenvalue weighted by molar-refractivity contribution is -0.274. The summed E-state index contributed by atoms with van der Waals surface area (Å²) in [4.78, 5) is 24.1. The number of aliphatic hydroxyl groups excluding tert-OH is 1. The van der Waals surface area contributed by atoms with Gasteiger partial charge in [-0.3, -0.25) is 9.59 Å². The highest BCUT2D eigenvalue weighted by atomic mass is 32.2. The fourth-order valence-corrected chi connectivity index (χ4v) is 3.86. The standard InChI is InChI=1S/C17H21F3N2O5S/c18-17(19,20)27-13-3-1-12(2-4-13)22-15(25)14(24)21-11-16(26-8-7-23)5-9-28-10-6-16/h1-4,23H,5-11H2,(H,21,24)(H,22,25). The second kappa shape index (κ2) is 9.99. The van der Waals surface area contributed by atoms with Crippen molar-refractivity contribution in [2.45, 2.75) is 24.8 Å². The van der Waals surface area contributed by atoms with Gasteiger partial charge in [-0.2, -0.15) is 11.8 Å². The van der Waals surface area contributed by atoms with Gasteiger partial charge in [0.05, 0.1) is 18.8 Å². The molecule has 1 saturated heterocycles. The zero-order valence-electron chi connectivity index (χ0n) is 14.9. The van der Waals surface area contributed by atoms with Gasteiger partial charge in [0.2, 0.25) is 0 Å². The zero-order valence-corrected chi connectivity index (χ0v) is 15.7. The number of amides is 2. The molecule has 0 spiro atoms. The molecule has 0 aromatic heterocycles. The molecule has 28 heavy (non-hydrogen) atoms. The number of hydrogen-bond donors (Lipinski definition) is 3. The summed E-state index contributed by atoms with van der Waals surface area (Å²) in [5.41, 5.74) is -0.476. The number of ether oxygens (including phenoxy) is 2. The molecule has 1 aliphatic heterocycles. The molecule has 1 heterocycles. The van der Waals surface area contributed by atoms with Crippen LogP contribution in [0, 0.1) is 0 Å². The van der Waals surface area contributed by atoms with Crippen LogP contribution in [-0.2, 0) is 14.3 Å². The highest BCUT2D eigenvalue weighted by Crippen LogP contribution is 2.30. The number of halogens is 3. The number of anilines is 1. The Labute approximate surface area is 164 Å². The summed E-state index contributed by atoms with van der Waals surface area (Å²) in [6.07, 6.45) is -3.45. The zero-order chi connectivity index (χ0) is 20.6. The van der Waals surface area contributed by atoms with Crippen LogP contribution < -0.4 is 15.4 Å². The Morgan fingerprint density at radius 1 is 1.14 bits per heavy atom. The summed E-state index contributed by atoms with van der Waals surface area (Å²) in [6.45, 7) is 0.120. The Bertz CT molecular complexity index is 664. The molecule has 0 atom stereocenters. The number of carbonyl (C=O) groups is 2. The van der Waals surface area contributed by atoms with E-state index in [9.17, 15) is 22.8 Å². The van der Waals surface area contributed by atoms with E-state index in [0.717, 1.165) is 23.6 Å². The minimum atomic E-state index is -4.81. The van der Waals surface area contributed by atoms with Crippen LogP contribution in [0.4, 0.5) is 18.9 Å². The molecule has 0 radical (unpaired) electrons. The van der Waals surface area contributed by atoms with Gasteiger partial charge in [-0.25, -0.2) is 0 Å². The van der Waals surface area contributed by atoms with Gasteiger partial charge < -0.3 is 25.2 Å². The number of carbonyl (C=O) groups excluding carboxylic acids is 2. The third-order valence-electron chi connectivity index (χ3n) is 4.03. The number of benzene rings is 1. The molecule has 0 unspecified atom stereocenters. The van der Waals surface area contributed by atoms with Crippen molar-refractivity contribution in [3.8, 4) is 5.75 Å². The number of aliphatic hydroxyl groups is 1. The molecule has 2 rings (SSSR count). The minimum absolute atomic E-state index is 0.123. The number of rotatable bonds is 7. The molecule has 1 aliphatic rings. The van der Waals surface area contributed by atoms with Crippen LogP contribution in [0.2, 0.25) is 0 Å². The Morgan fingerprint density at radius 2 is 1.79 bits per heavy atom. The lowest BCUT2D eigenvalue weighted by Crippen LogP contribution is -2.50. The monoisotopic (exact) mass is 422 g/mol. The quantitative estimate of drug-likeness (QED) is 0.581. The van der Waals surface area contributed by atoms with Crippen molar-refractivity contribution in [1.82, 2.24) is 5.32 Å². The average molecular weight is 422 g/mol. The van der Waals surface area contributed by atoms with E-state index in [4.69, 9.17) is 9.84 Å². The summed E-state index contributed by atoms with van der Waals surface area (Å²) >= 11 is 1.76. The second-order valence-electron chi connectivity index (χ2n) is 6.08. The number of hydrogen-bond acceptors (Lipinski definition) is 6. The first-order chi connectivity index (χ1) is 13.2. The minimum Gasteiger partial charge on any atom is -0.406 e. The first kappa shape index (κ1) is 22.3. The van der Waals surface area contributed by atoms with E-state index < -0.39 is 29.5 Å². The molecule has 2 amide bonds. The molecule has 7 nitrogen and oxygen atoms in total. The smallest absolute Gasteiger partial charge is 0.406 e. The second-order valence-corrected chi connectivity index (χ2v) is 7.30. The molecule has 0 saturated carbocycles. The van der Waals surface area contributed by atoms with Gasteiger partial charge >= 0.3 is 18.2 Å². The van der Waals surface area contributed by atoms with Gasteiger partial charge in [0.25, 0.3) is 0 Å². The summed E-state index contributed by atoms with van der Waals surface area (Å²) in [5.74, 6) is -0.583. The molecule has 1 aromatic carbocycles. The molecule has 11 heteroatoms. The Balaban J connectivity index is 1.87. The highest BCUT2D eigenvalue weighted by Gasteiger charge is 2.34. The van der Waals surface area contributed by atoms with E-state index in [0.29, 0.717) is 12.8 Å². The van der Waals surface area contributed by atoms with E-state index >= 15 is 0 Å². The van der Waals surface area contributed by atoms with Crippen molar-refractivity contribution in [2.24, 2.45) is 0 Å². The highest BCUT2D eigenvalue weighted by molar-refractivity contribution is 7.99. The number of nitrogens with one attached hydrogen (secondary N) is 2. The van der Waals surface area contributed by atoms with E-state index in [1.54, 1.807) is 11.8 Å². The van der Waals surface area contributed by atoms with Crippen LogP contribution in [-0.4, -0.2) is 60.1 Å². The molecular weight excluding hydrogens is 401 g/mol. The lowest BCUT2D eigenvalue weighted by atomic mass is 9.96. The van der Waals surface area contributed by atoms with Gasteiger partial charge in [0.15, 0.2) is 0 Å². The SMILES string of the molecule is O=C(NCC1(OCCO)CCSCC1)C(=O)Nc1ccc(OC(F)(F)F)cc1. The fraction of sp³-hybridized carbons (Fsp3) is 0.529. The van der Waals surface area contributed by atoms with Gasteiger partial charge in [0, 0.05) is 12.2 Å². The van der Waals surface area contributed by atoms with Crippen LogP contribution in [0.5, 0.6) is 5.75 Å². The van der Waals surface area contributed by atoms with E-state index in [1.807, 2.05) is 0 Å². The van der Waals surface area contributed by atoms with Crippen molar-refractivity contribution in [3.05, 3.63) is 24.3 Å². The van der Waals surface area contributed by atoms with E-state index in [2.05, 4.69) is 15.4 Å². The normalized spacial score (nSPS) is 16.3. The molecule has 1 aromatic rings. The maximum atomic E-state index is 12.1. The summed E-state index contributed by atoms with van der Waals surface area (Å²) in [6, 6.07) is 4.43. The van der Waals surface area contributed by atoms with Gasteiger partial charge in [0.1, 0.15) is 5.75 Å². The van der Waals surface area contributed by atoms with E-state index in [1.165, 1.54) is 12.1 Å². The number of thioether (sulfide) groups is 1. The Morgan fingerprint density at radius 3 is 2.36 bits per heavy atom. The summed E-state index contributed by atoms with van der Waals surface area (Å²) in [7, 11) is 0. The molecule has 0 aliphatic carbocycles. The topological polar surface area (TPSA) is 96.9 Å². The largest absolute Gasteiger partial charge is 0.573 e. The fourth-order valence-electron chi connectivity index (χ4n) is 2.63. The predicted octanol–water partition coefficient (Wildman–Crippen LogP) is 1.91. The molecule has 3 N–H and O–H groups in total. The van der Waals surface area contributed by atoms with E-state index in [-0.39, 0.29) is 25.4 Å². The Hall–Kier alpha value is -1.98. The summed E-state index contributed by atoms with van der Waals surface area (Å²) < 4.78 is 45.8. The van der Waals surface area contributed by atoms with Crippen molar-refractivity contribution in [2.75, 3.05) is 36.6 Å². The van der Waals surface area contributed by atoms with Crippen molar-refractivity contribution >= 4 is 29.3 Å². The lowest BCUT2D eigenvalue weighted by Gasteiger charge is -2.36. The first-order valence-corrected chi connectivity index (χ1v) is 9.66. The van der Waals surface area contributed by atoms with Crippen molar-refractivity contribution in [3.63, 3.8) is 0 Å². The Kier molecular flexibility index (Phi) is 7.96. The molecular formula is C17H21F3N2O5S. The van der Waals surface area contributed by atoms with Crippen LogP contribution in [0.1, 0.15) is 12.8 Å². The summed E-state index contributed by atoms with van der Waals surface area (Å²) in [5, 5.41) is 13.8. The maximum absolute atomic E-state index is 12.1. The van der Waals surface area contributed by atoms with Crippen LogP contribution in [0.15, 0.2) is 24.3 Å². The maximum Gasteiger partial charge on any atom is 0.573 e. The van der Waals surface area contributed by atoms with Crippen LogP contribution in [0.25, 0.3) is 0 Å². The van der Waals surface area contributed by atoms with Gasteiger partial charge in [-0.15, -0.1) is 13.2 Å². The number of alkyl halides is 3. The van der Waals surface area contributed by atoms with Crippen molar-refractivity contribution < 1.29 is 37.3 Å². The van der Waals surface area contributed by atoms with Crippen molar-refractivity contribution in [1.29, 1.82) is 0 Å². The average Bonchev–Trinajstić information content (AvgIpc) is 2.66. The van der Waals surface area contributed by atoms with Gasteiger partial charge in [-0.05, 0) is 48.6 Å². The molecule has 0 bridgehead atoms. The first-order valence-electron chi connectivity index (χ1n) is 8.51. The predicted molar refractivity (Wildman–Crippen MR) is 97.1 cm³/mol. The van der Waals surface area contributed by atoms with Crippen LogP contribution >= 0.6 is 11.8 Å². The molecule has 1 fully saturated rings.